The van der Waals surface area contributed by atoms with Gasteiger partial charge in [-0.2, -0.15) is 4.72 Å². The second kappa shape index (κ2) is 12.7. The summed E-state index contributed by atoms with van der Waals surface area (Å²) in [6.45, 7) is 0.230. The second-order valence-corrected chi connectivity index (χ2v) is 16.1. The van der Waals surface area contributed by atoms with Gasteiger partial charge in [0.15, 0.2) is 5.78 Å². The number of sulfonamides is 1. The van der Waals surface area contributed by atoms with E-state index >= 15 is 4.79 Å². The van der Waals surface area contributed by atoms with Crippen molar-refractivity contribution in [2.45, 2.75) is 76.5 Å². The number of aliphatic carboxylic acids is 1. The summed E-state index contributed by atoms with van der Waals surface area (Å²) < 4.78 is 28.1. The number of hydrogen-bond acceptors (Lipinski definition) is 7. The van der Waals surface area contributed by atoms with E-state index < -0.39 is 69.6 Å². The van der Waals surface area contributed by atoms with Crippen molar-refractivity contribution in [1.82, 2.24) is 14.9 Å². The fourth-order valence-corrected chi connectivity index (χ4v) is 10.3. The zero-order valence-electron chi connectivity index (χ0n) is 27.2. The van der Waals surface area contributed by atoms with E-state index in [0.29, 0.717) is 23.3 Å². The Morgan fingerprint density at radius 2 is 1.50 bits per heavy atom. The average Bonchev–Trinajstić information content (AvgIpc) is 3.02. The molecule has 1 aliphatic heterocycles. The number of hydrogen-bond donors (Lipinski definition) is 3. The van der Waals surface area contributed by atoms with Gasteiger partial charge in [0, 0.05) is 18.9 Å². The van der Waals surface area contributed by atoms with E-state index in [4.69, 9.17) is 0 Å². The zero-order chi connectivity index (χ0) is 34.4. The monoisotopic (exact) mass is 678 g/mol. The third-order valence-corrected chi connectivity index (χ3v) is 11.3. The number of Topliss-reactive ketones (excluding diaryl/α,β-unsaturated/α-hetero) is 1. The molecule has 4 saturated carbocycles. The number of carboxylic acid groups (broad SMARTS) is 1. The van der Waals surface area contributed by atoms with Gasteiger partial charge >= 0.3 is 5.97 Å². The Morgan fingerprint density at radius 1 is 0.917 bits per heavy atom. The highest BCUT2D eigenvalue weighted by Gasteiger charge is 2.63. The second-order valence-electron chi connectivity index (χ2n) is 14.3. The maximum Gasteiger partial charge on any atom is 0.322 e. The Kier molecular flexibility index (Phi) is 8.97. The Hall–Kier alpha value is -4.10. The number of rotatable bonds is 9. The van der Waals surface area contributed by atoms with Gasteiger partial charge in [0.05, 0.1) is 18.5 Å². The average molecular weight is 679 g/mol. The SMILES string of the molecule is CC(=O)N1[C@@H](NS(C)(=O)=O)CC(=O)c2ccccc2N(Cc2ccccc2)C(=O)[C@@]1(CC12CC3CC(CC(C3)C1)C2)C(=O)NCC(=O)O. The minimum atomic E-state index is -4.11. The van der Waals surface area contributed by atoms with E-state index in [1.807, 2.05) is 6.07 Å². The van der Waals surface area contributed by atoms with Gasteiger partial charge in [-0.25, -0.2) is 8.42 Å². The molecule has 0 radical (unpaired) electrons. The molecule has 12 nitrogen and oxygen atoms in total. The smallest absolute Gasteiger partial charge is 0.322 e. The van der Waals surface area contributed by atoms with Crippen molar-refractivity contribution in [3.8, 4) is 0 Å². The van der Waals surface area contributed by atoms with E-state index in [1.165, 1.54) is 11.0 Å². The summed E-state index contributed by atoms with van der Waals surface area (Å²) in [6, 6.07) is 15.4. The minimum absolute atomic E-state index is 0.0747. The van der Waals surface area contributed by atoms with Gasteiger partial charge in [0.2, 0.25) is 21.5 Å². The summed E-state index contributed by atoms with van der Waals surface area (Å²) in [4.78, 5) is 72.8. The number of nitrogens with one attached hydrogen (secondary N) is 2. The zero-order valence-corrected chi connectivity index (χ0v) is 28.0. The number of anilines is 1. The van der Waals surface area contributed by atoms with Crippen molar-refractivity contribution < 1.29 is 37.5 Å². The molecule has 4 aliphatic carbocycles. The molecule has 0 unspecified atom stereocenters. The van der Waals surface area contributed by atoms with Crippen LogP contribution < -0.4 is 14.9 Å². The highest BCUT2D eigenvalue weighted by Crippen LogP contribution is 2.63. The number of para-hydroxylation sites is 1. The van der Waals surface area contributed by atoms with E-state index in [9.17, 15) is 32.7 Å². The molecule has 3 amide bonds. The number of amides is 3. The summed E-state index contributed by atoms with van der Waals surface area (Å²) in [5.41, 5.74) is -1.95. The van der Waals surface area contributed by atoms with Crippen LogP contribution in [0.4, 0.5) is 5.69 Å². The summed E-state index contributed by atoms with van der Waals surface area (Å²) in [5, 5.41) is 12.0. The first kappa shape index (κ1) is 33.8. The Labute approximate surface area is 280 Å². The van der Waals surface area contributed by atoms with Gasteiger partial charge in [-0.3, -0.25) is 24.0 Å². The standard InChI is InChI=1S/C35H42N4O8S/c1-22(40)39-30(37-48(2,46)47)15-29(41)27-10-6-7-11-28(27)38(20-23-8-4-3-5-9-23)33(45)35(39,32(44)36-19-31(42)43)21-34-16-24-12-25(17-34)14-26(13-24)18-34/h3-11,24-26,30,37H,12-21H2,1-2H3,(H,36,44)(H,42,43)/t24?,25?,26?,30-,34?,35-/m1/s1. The van der Waals surface area contributed by atoms with Gasteiger partial charge in [0.1, 0.15) is 12.7 Å². The summed E-state index contributed by atoms with van der Waals surface area (Å²) in [6.07, 6.45) is 3.90. The molecular weight excluding hydrogens is 636 g/mol. The first-order valence-corrected chi connectivity index (χ1v) is 18.3. The predicted octanol–water partition coefficient (Wildman–Crippen LogP) is 3.08. The topological polar surface area (TPSA) is 170 Å². The molecule has 0 saturated heterocycles. The molecule has 7 rings (SSSR count). The predicted molar refractivity (Wildman–Crippen MR) is 176 cm³/mol. The molecular formula is C35H42N4O8S. The van der Waals surface area contributed by atoms with E-state index in [0.717, 1.165) is 56.6 Å². The Balaban J connectivity index is 1.63. The first-order chi connectivity index (χ1) is 22.7. The van der Waals surface area contributed by atoms with Gasteiger partial charge in [-0.15, -0.1) is 0 Å². The minimum Gasteiger partial charge on any atom is -0.480 e. The lowest BCUT2D eigenvalue weighted by atomic mass is 9.47. The lowest BCUT2D eigenvalue weighted by Crippen LogP contribution is -2.74. The molecule has 3 N–H and O–H groups in total. The third-order valence-electron chi connectivity index (χ3n) is 10.6. The van der Waals surface area contributed by atoms with E-state index in [-0.39, 0.29) is 24.2 Å². The molecule has 13 heteroatoms. The number of carbonyl (C=O) groups excluding carboxylic acids is 4. The maximum absolute atomic E-state index is 15.7. The van der Waals surface area contributed by atoms with Crippen molar-refractivity contribution in [2.75, 3.05) is 17.7 Å². The Morgan fingerprint density at radius 3 is 2.06 bits per heavy atom. The molecule has 5 aliphatic rings. The normalized spacial score (nSPS) is 29.9. The third kappa shape index (κ3) is 6.49. The van der Waals surface area contributed by atoms with Crippen molar-refractivity contribution in [2.24, 2.45) is 23.2 Å². The summed E-state index contributed by atoms with van der Waals surface area (Å²) >= 11 is 0. The maximum atomic E-state index is 15.7. The Bertz CT molecular complexity index is 1710. The van der Waals surface area contributed by atoms with Crippen LogP contribution in [0.15, 0.2) is 54.6 Å². The molecule has 4 fully saturated rings. The number of nitrogens with zero attached hydrogens (tertiary/aromatic N) is 2. The fourth-order valence-electron chi connectivity index (χ4n) is 9.57. The number of carboxylic acids is 1. The number of carbonyl (C=O) groups is 5. The summed E-state index contributed by atoms with van der Waals surface area (Å²) in [7, 11) is -4.11. The highest BCUT2D eigenvalue weighted by atomic mass is 32.2. The summed E-state index contributed by atoms with van der Waals surface area (Å²) in [5.74, 6) is -3.39. The molecule has 2 aromatic rings. The van der Waals surface area contributed by atoms with Gasteiger partial charge < -0.3 is 20.2 Å². The molecule has 0 aromatic heterocycles. The van der Waals surface area contributed by atoms with Crippen LogP contribution in [0.2, 0.25) is 0 Å². The van der Waals surface area contributed by atoms with Gasteiger partial charge in [0.25, 0.3) is 11.8 Å². The van der Waals surface area contributed by atoms with Crippen LogP contribution in [0.25, 0.3) is 0 Å². The van der Waals surface area contributed by atoms with Crippen LogP contribution in [-0.4, -0.2) is 72.4 Å². The van der Waals surface area contributed by atoms with Crippen molar-refractivity contribution >= 4 is 45.2 Å². The van der Waals surface area contributed by atoms with Crippen LogP contribution in [-0.2, 0) is 35.7 Å². The van der Waals surface area contributed by atoms with Crippen molar-refractivity contribution in [3.05, 3.63) is 65.7 Å². The molecule has 2 aromatic carbocycles. The molecule has 2 atom stereocenters. The first-order valence-electron chi connectivity index (χ1n) is 16.4. The van der Waals surface area contributed by atoms with Crippen LogP contribution in [0.5, 0.6) is 0 Å². The fraction of sp³-hybridized carbons (Fsp3) is 0.514. The number of fused-ring (bicyclic) bond motifs is 1. The number of benzene rings is 2. The number of ketones is 1. The van der Waals surface area contributed by atoms with Crippen LogP contribution in [0, 0.1) is 23.2 Å². The lowest BCUT2D eigenvalue weighted by molar-refractivity contribution is -0.166. The largest absolute Gasteiger partial charge is 0.480 e. The molecule has 4 bridgehead atoms. The van der Waals surface area contributed by atoms with E-state index in [1.54, 1.807) is 42.5 Å². The quantitative estimate of drug-likeness (QED) is 0.340. The van der Waals surface area contributed by atoms with Crippen molar-refractivity contribution in [1.29, 1.82) is 0 Å². The van der Waals surface area contributed by atoms with Gasteiger partial charge in [-0.1, -0.05) is 42.5 Å². The molecule has 1 heterocycles. The van der Waals surface area contributed by atoms with Crippen molar-refractivity contribution in [3.63, 3.8) is 0 Å². The van der Waals surface area contributed by atoms with Crippen LogP contribution in [0.3, 0.4) is 0 Å². The molecule has 0 spiro atoms. The lowest BCUT2D eigenvalue weighted by Gasteiger charge is -2.60. The van der Waals surface area contributed by atoms with Gasteiger partial charge in [-0.05, 0) is 85.8 Å². The van der Waals surface area contributed by atoms with Crippen LogP contribution >= 0.6 is 0 Å². The highest BCUT2D eigenvalue weighted by molar-refractivity contribution is 7.88. The molecule has 48 heavy (non-hydrogen) atoms. The molecule has 256 valence electrons. The van der Waals surface area contributed by atoms with Crippen LogP contribution in [0.1, 0.15) is 74.2 Å². The van der Waals surface area contributed by atoms with E-state index in [2.05, 4.69) is 10.0 Å².